The number of hydrogen-bond acceptors (Lipinski definition) is 3. The number of nitrogens with zero attached hydrogens (tertiary/aromatic N) is 1. The Balaban J connectivity index is 2.22. The molecule has 1 aromatic rings. The summed E-state index contributed by atoms with van der Waals surface area (Å²) in [5.74, 6) is -1.30. The molecule has 0 aromatic heterocycles. The predicted molar refractivity (Wildman–Crippen MR) is 73.3 cm³/mol. The maximum absolute atomic E-state index is 12.0. The van der Waals surface area contributed by atoms with Gasteiger partial charge in [0.2, 0.25) is 5.91 Å². The Morgan fingerprint density at radius 3 is 2.84 bits per heavy atom. The lowest BCUT2D eigenvalue weighted by Crippen LogP contribution is -2.43. The first kappa shape index (κ1) is 13.7. The van der Waals surface area contributed by atoms with Crippen LogP contribution in [0.3, 0.4) is 0 Å². The van der Waals surface area contributed by atoms with E-state index in [1.54, 1.807) is 31.3 Å². The van der Waals surface area contributed by atoms with Gasteiger partial charge in [0.15, 0.2) is 0 Å². The normalized spacial score (nSPS) is 19.1. The molecule has 0 fully saturated rings. The molecule has 0 spiro atoms. The van der Waals surface area contributed by atoms with Crippen molar-refractivity contribution in [1.82, 2.24) is 10.6 Å². The number of nitrogens with one attached hydrogen (secondary N) is 2. The second kappa shape index (κ2) is 5.95. The average molecular weight is 280 g/mol. The number of amides is 2. The first-order chi connectivity index (χ1) is 9.11. The Hall–Kier alpha value is -1.72. The van der Waals surface area contributed by atoms with Crippen molar-refractivity contribution in [2.45, 2.75) is 12.3 Å². The number of hydrogen-bond donors (Lipinski definition) is 2. The number of carbonyl (C=O) groups is 2. The van der Waals surface area contributed by atoms with Crippen LogP contribution in [0, 0.1) is 0 Å². The summed E-state index contributed by atoms with van der Waals surface area (Å²) in [5.41, 5.74) is 0.561. The molecule has 0 saturated carbocycles. The van der Waals surface area contributed by atoms with Crippen molar-refractivity contribution in [2.75, 3.05) is 13.6 Å². The molecule has 2 N–H and O–H groups in total. The molecule has 0 aliphatic carbocycles. The van der Waals surface area contributed by atoms with Crippen LogP contribution in [0.1, 0.15) is 17.9 Å². The van der Waals surface area contributed by atoms with Gasteiger partial charge in [-0.3, -0.25) is 9.59 Å². The molecule has 19 heavy (non-hydrogen) atoms. The Labute approximate surface area is 116 Å². The molecule has 0 bridgehead atoms. The van der Waals surface area contributed by atoms with Gasteiger partial charge in [-0.2, -0.15) is 4.99 Å². The highest BCUT2D eigenvalue weighted by atomic mass is 35.5. The van der Waals surface area contributed by atoms with Crippen LogP contribution in [0.5, 0.6) is 0 Å². The third kappa shape index (κ3) is 3.19. The minimum Gasteiger partial charge on any atom is -0.319 e. The molecule has 1 atom stereocenters. The van der Waals surface area contributed by atoms with Crippen LogP contribution in [-0.2, 0) is 9.59 Å². The summed E-state index contributed by atoms with van der Waals surface area (Å²) in [6.07, 6.45) is 0.510. The van der Waals surface area contributed by atoms with Gasteiger partial charge in [0.05, 0.1) is 0 Å². The standard InChI is InChI=1S/C13H14ClN3O2/c1-15-6-5-10-16-12(18)11(13(19)17-10)8-3-2-4-9(14)7-8/h2-4,7,11,15H,5-6H2,1H3,(H,16,17,18,19). The van der Waals surface area contributed by atoms with Crippen LogP contribution >= 0.6 is 11.6 Å². The summed E-state index contributed by atoms with van der Waals surface area (Å²) >= 11 is 5.87. The fourth-order valence-electron chi connectivity index (χ4n) is 1.89. The highest BCUT2D eigenvalue weighted by molar-refractivity contribution is 6.30. The lowest BCUT2D eigenvalue weighted by Gasteiger charge is -2.20. The van der Waals surface area contributed by atoms with E-state index in [0.717, 1.165) is 0 Å². The van der Waals surface area contributed by atoms with Gasteiger partial charge in [-0.1, -0.05) is 23.7 Å². The van der Waals surface area contributed by atoms with E-state index >= 15 is 0 Å². The minimum atomic E-state index is -0.906. The van der Waals surface area contributed by atoms with Gasteiger partial charge < -0.3 is 10.6 Å². The fourth-order valence-corrected chi connectivity index (χ4v) is 2.09. The molecule has 1 aliphatic rings. The number of amidine groups is 1. The van der Waals surface area contributed by atoms with Crippen molar-refractivity contribution in [2.24, 2.45) is 4.99 Å². The Morgan fingerprint density at radius 2 is 2.21 bits per heavy atom. The summed E-state index contributed by atoms with van der Waals surface area (Å²) < 4.78 is 0. The van der Waals surface area contributed by atoms with E-state index in [4.69, 9.17) is 11.6 Å². The smallest absolute Gasteiger partial charge is 0.264 e. The maximum atomic E-state index is 12.0. The van der Waals surface area contributed by atoms with Gasteiger partial charge in [-0.15, -0.1) is 0 Å². The molecule has 2 rings (SSSR count). The molecule has 1 aliphatic heterocycles. The van der Waals surface area contributed by atoms with Crippen molar-refractivity contribution in [1.29, 1.82) is 0 Å². The highest BCUT2D eigenvalue weighted by Gasteiger charge is 2.33. The quantitative estimate of drug-likeness (QED) is 0.811. The topological polar surface area (TPSA) is 70.6 Å². The van der Waals surface area contributed by atoms with E-state index in [-0.39, 0.29) is 5.91 Å². The lowest BCUT2D eigenvalue weighted by molar-refractivity contribution is -0.129. The predicted octanol–water partition coefficient (Wildman–Crippen LogP) is 1.09. The summed E-state index contributed by atoms with van der Waals surface area (Å²) in [6, 6.07) is 6.70. The molecule has 100 valence electrons. The van der Waals surface area contributed by atoms with Crippen LogP contribution < -0.4 is 10.6 Å². The monoisotopic (exact) mass is 279 g/mol. The molecule has 1 aromatic carbocycles. The molecular formula is C13H14ClN3O2. The van der Waals surface area contributed by atoms with Crippen LogP contribution in [0.25, 0.3) is 0 Å². The van der Waals surface area contributed by atoms with Gasteiger partial charge in [0.25, 0.3) is 5.91 Å². The zero-order chi connectivity index (χ0) is 13.8. The first-order valence-corrected chi connectivity index (χ1v) is 6.32. The van der Waals surface area contributed by atoms with E-state index < -0.39 is 11.8 Å². The summed E-state index contributed by atoms with van der Waals surface area (Å²) in [6.45, 7) is 0.647. The van der Waals surface area contributed by atoms with Crippen molar-refractivity contribution >= 4 is 29.3 Å². The Bertz CT molecular complexity index is 542. The van der Waals surface area contributed by atoms with Crippen molar-refractivity contribution in [3.05, 3.63) is 34.9 Å². The second-order valence-electron chi connectivity index (χ2n) is 4.23. The number of halogens is 1. The minimum absolute atomic E-state index is 0.353. The lowest BCUT2D eigenvalue weighted by atomic mass is 9.96. The average Bonchev–Trinajstić information content (AvgIpc) is 2.35. The third-order valence-electron chi connectivity index (χ3n) is 2.82. The molecule has 2 amide bonds. The summed E-state index contributed by atoms with van der Waals surface area (Å²) in [7, 11) is 1.79. The molecule has 0 saturated heterocycles. The second-order valence-corrected chi connectivity index (χ2v) is 4.66. The summed E-state index contributed by atoms with van der Waals surface area (Å²) in [4.78, 5) is 27.9. The molecule has 5 nitrogen and oxygen atoms in total. The zero-order valence-corrected chi connectivity index (χ0v) is 11.2. The van der Waals surface area contributed by atoms with E-state index in [1.807, 2.05) is 0 Å². The fraction of sp³-hybridized carbons (Fsp3) is 0.308. The molecule has 0 radical (unpaired) electrons. The number of benzene rings is 1. The molecule has 1 unspecified atom stereocenters. The third-order valence-corrected chi connectivity index (χ3v) is 3.05. The highest BCUT2D eigenvalue weighted by Crippen LogP contribution is 2.23. The van der Waals surface area contributed by atoms with Crippen LogP contribution in [0.4, 0.5) is 0 Å². The Morgan fingerprint density at radius 1 is 1.42 bits per heavy atom. The van der Waals surface area contributed by atoms with Crippen LogP contribution in [-0.4, -0.2) is 31.2 Å². The van der Waals surface area contributed by atoms with Gasteiger partial charge >= 0.3 is 0 Å². The number of aliphatic imine (C=N–C) groups is 1. The molecular weight excluding hydrogens is 266 g/mol. The zero-order valence-electron chi connectivity index (χ0n) is 10.4. The largest absolute Gasteiger partial charge is 0.319 e. The molecule has 1 heterocycles. The van der Waals surface area contributed by atoms with Crippen molar-refractivity contribution in [3.63, 3.8) is 0 Å². The van der Waals surface area contributed by atoms with Crippen molar-refractivity contribution < 1.29 is 9.59 Å². The van der Waals surface area contributed by atoms with E-state index in [0.29, 0.717) is 29.4 Å². The SMILES string of the molecule is CNCCC1=NC(=O)C(c2cccc(Cl)c2)C(=O)N1. The van der Waals surface area contributed by atoms with Gasteiger partial charge in [-0.05, 0) is 24.7 Å². The number of rotatable bonds is 4. The van der Waals surface area contributed by atoms with Gasteiger partial charge in [-0.25, -0.2) is 0 Å². The van der Waals surface area contributed by atoms with E-state index in [1.165, 1.54) is 0 Å². The molecule has 6 heteroatoms. The summed E-state index contributed by atoms with van der Waals surface area (Å²) in [5, 5.41) is 6.08. The number of carbonyl (C=O) groups excluding carboxylic acids is 2. The van der Waals surface area contributed by atoms with Gasteiger partial charge in [0.1, 0.15) is 11.8 Å². The van der Waals surface area contributed by atoms with Crippen LogP contribution in [0.2, 0.25) is 5.02 Å². The first-order valence-electron chi connectivity index (χ1n) is 5.94. The maximum Gasteiger partial charge on any atom is 0.264 e. The van der Waals surface area contributed by atoms with E-state index in [2.05, 4.69) is 15.6 Å². The van der Waals surface area contributed by atoms with Crippen molar-refractivity contribution in [3.8, 4) is 0 Å². The van der Waals surface area contributed by atoms with Crippen LogP contribution in [0.15, 0.2) is 29.3 Å². The van der Waals surface area contributed by atoms with Gasteiger partial charge in [0, 0.05) is 18.0 Å². The van der Waals surface area contributed by atoms with E-state index in [9.17, 15) is 9.59 Å². The Kier molecular flexibility index (Phi) is 4.29.